The molecule has 0 aliphatic carbocycles. The Bertz CT molecular complexity index is 580. The first-order valence-electron chi connectivity index (χ1n) is 6.15. The largest absolute Gasteiger partial charge is 0.482 e. The molecule has 2 rings (SSSR count). The van der Waals surface area contributed by atoms with Crippen molar-refractivity contribution in [2.24, 2.45) is 0 Å². The minimum atomic E-state index is 0. The zero-order valence-electron chi connectivity index (χ0n) is 11.6. The van der Waals surface area contributed by atoms with Crippen LogP contribution in [0.1, 0.15) is 18.6 Å². The fourth-order valence-electron chi connectivity index (χ4n) is 1.54. The number of halogens is 3. The van der Waals surface area contributed by atoms with Gasteiger partial charge in [0.05, 0.1) is 5.02 Å². The molecule has 1 unspecified atom stereocenters. The van der Waals surface area contributed by atoms with Crippen molar-refractivity contribution in [3.05, 3.63) is 39.4 Å². The molecule has 8 heteroatoms. The Morgan fingerprint density at radius 1 is 1.48 bits per heavy atom. The first-order valence-corrected chi connectivity index (χ1v) is 7.32. The predicted molar refractivity (Wildman–Crippen MR) is 87.3 cm³/mol. The lowest BCUT2D eigenvalue weighted by atomic mass is 10.2. The van der Waals surface area contributed by atoms with Gasteiger partial charge in [0, 0.05) is 16.9 Å². The Hall–Kier alpha value is -0.820. The molecule has 5 nitrogen and oxygen atoms in total. The third-order valence-electron chi connectivity index (χ3n) is 2.74. The molecule has 0 saturated carbocycles. The average molecular weight is 397 g/mol. The summed E-state index contributed by atoms with van der Waals surface area (Å²) >= 11 is 9.40. The van der Waals surface area contributed by atoms with Crippen molar-refractivity contribution in [2.45, 2.75) is 26.0 Å². The van der Waals surface area contributed by atoms with Gasteiger partial charge in [-0.3, -0.25) is 0 Å². The van der Waals surface area contributed by atoms with E-state index in [0.29, 0.717) is 34.9 Å². The van der Waals surface area contributed by atoms with Crippen molar-refractivity contribution in [2.75, 3.05) is 7.05 Å². The zero-order chi connectivity index (χ0) is 14.5. The van der Waals surface area contributed by atoms with Gasteiger partial charge >= 0.3 is 0 Å². The number of likely N-dealkylation sites (N-methyl/N-ethyl adjacent to an activating group) is 1. The van der Waals surface area contributed by atoms with Crippen LogP contribution in [0.5, 0.6) is 5.75 Å². The van der Waals surface area contributed by atoms with Gasteiger partial charge in [0.25, 0.3) is 5.89 Å². The molecule has 1 N–H and O–H groups in total. The quantitative estimate of drug-likeness (QED) is 0.807. The monoisotopic (exact) mass is 395 g/mol. The van der Waals surface area contributed by atoms with Gasteiger partial charge in [-0.1, -0.05) is 32.7 Å². The van der Waals surface area contributed by atoms with Gasteiger partial charge in [0.15, 0.2) is 12.4 Å². The molecule has 0 amide bonds. The van der Waals surface area contributed by atoms with E-state index in [-0.39, 0.29) is 19.0 Å². The first-order chi connectivity index (χ1) is 9.58. The van der Waals surface area contributed by atoms with Crippen molar-refractivity contribution >= 4 is 39.9 Å². The summed E-state index contributed by atoms with van der Waals surface area (Å²) < 4.78 is 11.6. The van der Waals surface area contributed by atoms with E-state index in [2.05, 4.69) is 31.4 Å². The van der Waals surface area contributed by atoms with Crippen molar-refractivity contribution < 1.29 is 9.26 Å². The summed E-state index contributed by atoms with van der Waals surface area (Å²) in [6, 6.07) is 5.70. The Labute approximate surface area is 142 Å². The highest BCUT2D eigenvalue weighted by atomic mass is 79.9. The topological polar surface area (TPSA) is 60.2 Å². The average Bonchev–Trinajstić information content (AvgIpc) is 2.85. The Morgan fingerprint density at radius 3 is 2.90 bits per heavy atom. The molecular formula is C13H16BrCl2N3O2. The highest BCUT2D eigenvalue weighted by Crippen LogP contribution is 2.28. The molecule has 1 aromatic carbocycles. The van der Waals surface area contributed by atoms with Crippen molar-refractivity contribution in [1.29, 1.82) is 0 Å². The fourth-order valence-corrected chi connectivity index (χ4v) is 2.27. The Morgan fingerprint density at radius 2 is 2.24 bits per heavy atom. The molecule has 21 heavy (non-hydrogen) atoms. The van der Waals surface area contributed by atoms with Crippen LogP contribution in [0.15, 0.2) is 27.2 Å². The number of hydrogen-bond acceptors (Lipinski definition) is 5. The second-order valence-electron chi connectivity index (χ2n) is 4.36. The summed E-state index contributed by atoms with van der Waals surface area (Å²) in [6.07, 6.45) is 0.707. The lowest BCUT2D eigenvalue weighted by molar-refractivity contribution is 0.242. The van der Waals surface area contributed by atoms with Gasteiger partial charge in [0.2, 0.25) is 0 Å². The lowest BCUT2D eigenvalue weighted by Crippen LogP contribution is -2.24. The summed E-state index contributed by atoms with van der Waals surface area (Å²) in [7, 11) is 1.89. The Kier molecular flexibility index (Phi) is 7.45. The van der Waals surface area contributed by atoms with Crippen LogP contribution in [-0.4, -0.2) is 23.2 Å². The van der Waals surface area contributed by atoms with Crippen LogP contribution in [0.3, 0.4) is 0 Å². The summed E-state index contributed by atoms with van der Waals surface area (Å²) in [5.74, 6) is 1.67. The fraction of sp³-hybridized carbons (Fsp3) is 0.385. The van der Waals surface area contributed by atoms with Crippen LogP contribution in [0.2, 0.25) is 5.02 Å². The molecule has 0 aliphatic rings. The van der Waals surface area contributed by atoms with Gasteiger partial charge < -0.3 is 14.6 Å². The van der Waals surface area contributed by atoms with Crippen molar-refractivity contribution in [1.82, 2.24) is 15.5 Å². The van der Waals surface area contributed by atoms with Gasteiger partial charge in [0.1, 0.15) is 5.75 Å². The number of nitrogens with zero attached hydrogens (tertiary/aromatic N) is 2. The maximum Gasteiger partial charge on any atom is 0.264 e. The molecule has 2 aromatic rings. The third kappa shape index (κ3) is 5.47. The van der Waals surface area contributed by atoms with Gasteiger partial charge in [-0.15, -0.1) is 12.4 Å². The molecule has 1 aromatic heterocycles. The smallest absolute Gasteiger partial charge is 0.264 e. The normalized spacial score (nSPS) is 11.8. The standard InChI is InChI=1S/C13H15BrClN3O2.ClH/c1-8(16-2)5-12-17-13(20-18-12)7-19-11-4-3-9(14)6-10(11)15;/h3-4,6,8,16H,5,7H2,1-2H3;1H. The summed E-state index contributed by atoms with van der Waals surface area (Å²) in [5.41, 5.74) is 0. The zero-order valence-corrected chi connectivity index (χ0v) is 14.8. The van der Waals surface area contributed by atoms with E-state index in [0.717, 1.165) is 4.47 Å². The molecule has 1 atom stereocenters. The minimum Gasteiger partial charge on any atom is -0.482 e. The van der Waals surface area contributed by atoms with Crippen LogP contribution in [0, 0.1) is 0 Å². The maximum atomic E-state index is 6.06. The first kappa shape index (κ1) is 18.2. The highest BCUT2D eigenvalue weighted by molar-refractivity contribution is 9.10. The van der Waals surface area contributed by atoms with Crippen LogP contribution in [-0.2, 0) is 13.0 Å². The summed E-state index contributed by atoms with van der Waals surface area (Å²) in [5, 5.41) is 7.56. The number of hydrogen-bond donors (Lipinski definition) is 1. The van der Waals surface area contributed by atoms with E-state index in [1.54, 1.807) is 12.1 Å². The molecule has 0 spiro atoms. The molecule has 1 heterocycles. The van der Waals surface area contributed by atoms with E-state index in [1.165, 1.54) is 0 Å². The van der Waals surface area contributed by atoms with Crippen molar-refractivity contribution in [3.63, 3.8) is 0 Å². The lowest BCUT2D eigenvalue weighted by Gasteiger charge is -2.05. The summed E-state index contributed by atoms with van der Waals surface area (Å²) in [4.78, 5) is 4.27. The maximum absolute atomic E-state index is 6.06. The second-order valence-corrected chi connectivity index (χ2v) is 5.68. The van der Waals surface area contributed by atoms with Gasteiger partial charge in [-0.25, -0.2) is 0 Å². The molecule has 0 aliphatic heterocycles. The molecule has 0 saturated heterocycles. The highest BCUT2D eigenvalue weighted by Gasteiger charge is 2.10. The van der Waals surface area contributed by atoms with Crippen LogP contribution >= 0.6 is 39.9 Å². The van der Waals surface area contributed by atoms with E-state index < -0.39 is 0 Å². The van der Waals surface area contributed by atoms with E-state index in [1.807, 2.05) is 20.0 Å². The number of rotatable bonds is 6. The van der Waals surface area contributed by atoms with Crippen LogP contribution in [0.25, 0.3) is 0 Å². The number of nitrogens with one attached hydrogen (secondary N) is 1. The van der Waals surface area contributed by atoms with E-state index in [9.17, 15) is 0 Å². The molecule has 0 bridgehead atoms. The predicted octanol–water partition coefficient (Wildman–Crippen LogP) is 3.64. The van der Waals surface area contributed by atoms with Crippen LogP contribution in [0.4, 0.5) is 0 Å². The third-order valence-corrected chi connectivity index (χ3v) is 3.53. The number of aromatic nitrogens is 2. The van der Waals surface area contributed by atoms with Crippen LogP contribution < -0.4 is 10.1 Å². The molecular weight excluding hydrogens is 381 g/mol. The number of benzene rings is 1. The van der Waals surface area contributed by atoms with E-state index in [4.69, 9.17) is 20.9 Å². The second kappa shape index (κ2) is 8.58. The van der Waals surface area contributed by atoms with Crippen molar-refractivity contribution in [3.8, 4) is 5.75 Å². The summed E-state index contributed by atoms with van der Waals surface area (Å²) in [6.45, 7) is 2.25. The SMILES string of the molecule is CNC(C)Cc1noc(COc2ccc(Br)cc2Cl)n1.Cl. The molecule has 0 radical (unpaired) electrons. The molecule has 116 valence electrons. The number of ether oxygens (including phenoxy) is 1. The Balaban J connectivity index is 0.00000220. The molecule has 0 fully saturated rings. The van der Waals surface area contributed by atoms with Gasteiger partial charge in [-0.05, 0) is 32.2 Å². The van der Waals surface area contributed by atoms with Gasteiger partial charge in [-0.2, -0.15) is 4.98 Å². The van der Waals surface area contributed by atoms with E-state index >= 15 is 0 Å². The minimum absolute atomic E-state index is 0.